The number of hydrogen-bond acceptors (Lipinski definition) is 3. The number of hydrogen-bond donors (Lipinski definition) is 0. The highest BCUT2D eigenvalue weighted by molar-refractivity contribution is 5.32. The van der Waals surface area contributed by atoms with Crippen LogP contribution in [0.1, 0.15) is 12.0 Å². The molecule has 1 aromatic carbocycles. The average Bonchev–Trinajstić information content (AvgIpc) is 2.81. The fraction of sp³-hybridized carbons (Fsp3) is 0.250. The maximum Gasteiger partial charge on any atom is 0.200 e. The highest BCUT2D eigenvalue weighted by Gasteiger charge is 2.15. The number of methoxy groups -OCH3 is 2. The van der Waals surface area contributed by atoms with Crippen LogP contribution in [0.15, 0.2) is 42.6 Å². The molecule has 84 valence electrons. The Morgan fingerprint density at radius 1 is 1.06 bits per heavy atom. The Morgan fingerprint density at radius 3 is 2.38 bits per heavy atom. The first-order valence-electron chi connectivity index (χ1n) is 5.01. The van der Waals surface area contributed by atoms with Crippen molar-refractivity contribution in [3.63, 3.8) is 0 Å². The third-order valence-electron chi connectivity index (χ3n) is 2.34. The molecule has 0 unspecified atom stereocenters. The lowest BCUT2D eigenvalue weighted by molar-refractivity contribution is -0.109. The third kappa shape index (κ3) is 1.98. The minimum atomic E-state index is -0.400. The molecule has 2 aromatic rings. The molecule has 0 saturated carbocycles. The van der Waals surface area contributed by atoms with Crippen molar-refractivity contribution in [1.82, 2.24) is 9.78 Å². The fourth-order valence-corrected chi connectivity index (χ4v) is 1.61. The van der Waals surface area contributed by atoms with Crippen molar-refractivity contribution in [2.45, 2.75) is 6.29 Å². The Kier molecular flexibility index (Phi) is 3.34. The quantitative estimate of drug-likeness (QED) is 0.738. The minimum absolute atomic E-state index is 0.400. The zero-order valence-corrected chi connectivity index (χ0v) is 9.33. The van der Waals surface area contributed by atoms with Crippen LogP contribution in [0.4, 0.5) is 0 Å². The molecule has 0 atom stereocenters. The Hall–Kier alpha value is -1.65. The van der Waals surface area contributed by atoms with Crippen molar-refractivity contribution in [2.24, 2.45) is 0 Å². The second-order valence-electron chi connectivity index (χ2n) is 3.31. The lowest BCUT2D eigenvalue weighted by Crippen LogP contribution is -2.10. The monoisotopic (exact) mass is 218 g/mol. The van der Waals surface area contributed by atoms with E-state index in [9.17, 15) is 0 Å². The lowest BCUT2D eigenvalue weighted by atomic mass is 10.3. The molecule has 0 aliphatic heterocycles. The van der Waals surface area contributed by atoms with Gasteiger partial charge in [0, 0.05) is 20.4 Å². The van der Waals surface area contributed by atoms with E-state index in [2.05, 4.69) is 5.10 Å². The zero-order chi connectivity index (χ0) is 11.4. The van der Waals surface area contributed by atoms with Crippen LogP contribution >= 0.6 is 0 Å². The molecular weight excluding hydrogens is 204 g/mol. The van der Waals surface area contributed by atoms with E-state index in [1.807, 2.05) is 36.4 Å². The fourth-order valence-electron chi connectivity index (χ4n) is 1.61. The molecular formula is C12H14N2O2. The van der Waals surface area contributed by atoms with Gasteiger partial charge in [-0.05, 0) is 18.2 Å². The number of aromatic nitrogens is 2. The molecule has 16 heavy (non-hydrogen) atoms. The normalized spacial score (nSPS) is 10.9. The molecule has 0 saturated heterocycles. The van der Waals surface area contributed by atoms with Crippen LogP contribution in [-0.2, 0) is 9.47 Å². The van der Waals surface area contributed by atoms with Crippen LogP contribution in [0.2, 0.25) is 0 Å². The summed E-state index contributed by atoms with van der Waals surface area (Å²) in [7, 11) is 3.22. The maximum atomic E-state index is 5.22. The molecule has 0 spiro atoms. The summed E-state index contributed by atoms with van der Waals surface area (Å²) in [5, 5.41) is 4.26. The summed E-state index contributed by atoms with van der Waals surface area (Å²) >= 11 is 0. The van der Waals surface area contributed by atoms with Gasteiger partial charge in [0.1, 0.15) is 5.69 Å². The van der Waals surface area contributed by atoms with Crippen molar-refractivity contribution >= 4 is 0 Å². The summed E-state index contributed by atoms with van der Waals surface area (Å²) in [4.78, 5) is 0. The van der Waals surface area contributed by atoms with Crippen LogP contribution < -0.4 is 0 Å². The van der Waals surface area contributed by atoms with Gasteiger partial charge in [-0.25, -0.2) is 4.68 Å². The summed E-state index contributed by atoms with van der Waals surface area (Å²) in [5.41, 5.74) is 1.86. The molecule has 2 rings (SSSR count). The van der Waals surface area contributed by atoms with E-state index in [4.69, 9.17) is 9.47 Å². The smallest absolute Gasteiger partial charge is 0.200 e. The maximum absolute atomic E-state index is 5.22. The molecule has 4 nitrogen and oxygen atoms in total. The molecule has 0 radical (unpaired) electrons. The first kappa shape index (κ1) is 10.9. The van der Waals surface area contributed by atoms with Gasteiger partial charge in [-0.1, -0.05) is 18.2 Å². The van der Waals surface area contributed by atoms with E-state index in [-0.39, 0.29) is 0 Å². The van der Waals surface area contributed by atoms with Crippen molar-refractivity contribution in [2.75, 3.05) is 14.2 Å². The predicted octanol–water partition coefficient (Wildman–Crippen LogP) is 2.16. The van der Waals surface area contributed by atoms with Crippen molar-refractivity contribution < 1.29 is 9.47 Å². The summed E-state index contributed by atoms with van der Waals surface area (Å²) in [6, 6.07) is 11.8. The van der Waals surface area contributed by atoms with E-state index in [0.717, 1.165) is 11.4 Å². The van der Waals surface area contributed by atoms with Crippen LogP contribution in [-0.4, -0.2) is 24.0 Å². The highest BCUT2D eigenvalue weighted by Crippen LogP contribution is 2.19. The standard InChI is InChI=1S/C12H14N2O2/c1-15-12(16-2)11-8-9-13-14(11)10-6-4-3-5-7-10/h3-9,12H,1-2H3. The molecule has 4 heteroatoms. The van der Waals surface area contributed by atoms with Crippen LogP contribution in [0.3, 0.4) is 0 Å². The molecule has 0 bridgehead atoms. The SMILES string of the molecule is COC(OC)c1ccnn1-c1ccccc1. The number of benzene rings is 1. The second-order valence-corrected chi connectivity index (χ2v) is 3.31. The van der Waals surface area contributed by atoms with Gasteiger partial charge >= 0.3 is 0 Å². The molecule has 0 aliphatic carbocycles. The van der Waals surface area contributed by atoms with Gasteiger partial charge < -0.3 is 9.47 Å². The van der Waals surface area contributed by atoms with Crippen LogP contribution in [0, 0.1) is 0 Å². The first-order chi connectivity index (χ1) is 7.86. The van der Waals surface area contributed by atoms with Gasteiger partial charge in [0.05, 0.1) is 5.69 Å². The highest BCUT2D eigenvalue weighted by atomic mass is 16.7. The molecule has 1 heterocycles. The molecule has 0 amide bonds. The second kappa shape index (κ2) is 4.92. The molecule has 0 N–H and O–H groups in total. The van der Waals surface area contributed by atoms with Gasteiger partial charge in [-0.2, -0.15) is 5.10 Å². The summed E-state index contributed by atoms with van der Waals surface area (Å²) in [6.07, 6.45) is 1.33. The Labute approximate surface area is 94.4 Å². The lowest BCUT2D eigenvalue weighted by Gasteiger charge is -2.15. The number of nitrogens with zero attached hydrogens (tertiary/aromatic N) is 2. The number of ether oxygens (including phenoxy) is 2. The molecule has 1 aromatic heterocycles. The first-order valence-corrected chi connectivity index (χ1v) is 5.01. The van der Waals surface area contributed by atoms with Gasteiger partial charge in [0.15, 0.2) is 0 Å². The van der Waals surface area contributed by atoms with Crippen LogP contribution in [0.25, 0.3) is 5.69 Å². The van der Waals surface area contributed by atoms with Crippen molar-refractivity contribution in [1.29, 1.82) is 0 Å². The minimum Gasteiger partial charge on any atom is -0.350 e. The van der Waals surface area contributed by atoms with E-state index in [1.165, 1.54) is 0 Å². The zero-order valence-electron chi connectivity index (χ0n) is 9.33. The van der Waals surface area contributed by atoms with Gasteiger partial charge in [-0.15, -0.1) is 0 Å². The van der Waals surface area contributed by atoms with Gasteiger partial charge in [0.25, 0.3) is 0 Å². The largest absolute Gasteiger partial charge is 0.350 e. The molecule has 0 fully saturated rings. The van der Waals surface area contributed by atoms with Gasteiger partial charge in [0.2, 0.25) is 6.29 Å². The van der Waals surface area contributed by atoms with E-state index in [0.29, 0.717) is 0 Å². The van der Waals surface area contributed by atoms with Crippen LogP contribution in [0.5, 0.6) is 0 Å². The Morgan fingerprint density at radius 2 is 1.75 bits per heavy atom. The van der Waals surface area contributed by atoms with E-state index in [1.54, 1.807) is 25.1 Å². The van der Waals surface area contributed by atoms with Crippen molar-refractivity contribution in [3.8, 4) is 5.69 Å². The predicted molar refractivity (Wildman–Crippen MR) is 60.3 cm³/mol. The van der Waals surface area contributed by atoms with Crippen molar-refractivity contribution in [3.05, 3.63) is 48.3 Å². The average molecular weight is 218 g/mol. The number of para-hydroxylation sites is 1. The topological polar surface area (TPSA) is 36.3 Å². The van der Waals surface area contributed by atoms with Gasteiger partial charge in [-0.3, -0.25) is 0 Å². The Bertz CT molecular complexity index is 435. The Balaban J connectivity index is 2.40. The summed E-state index contributed by atoms with van der Waals surface area (Å²) in [5.74, 6) is 0. The summed E-state index contributed by atoms with van der Waals surface area (Å²) < 4.78 is 12.2. The third-order valence-corrected chi connectivity index (χ3v) is 2.34. The van der Waals surface area contributed by atoms with E-state index < -0.39 is 6.29 Å². The van der Waals surface area contributed by atoms with E-state index >= 15 is 0 Å². The molecule has 0 aliphatic rings. The number of rotatable bonds is 4. The summed E-state index contributed by atoms with van der Waals surface area (Å²) in [6.45, 7) is 0.